The predicted molar refractivity (Wildman–Crippen MR) is 100 cm³/mol. The molecule has 1 N–H and O–H groups in total. The van der Waals surface area contributed by atoms with E-state index < -0.39 is 28.9 Å². The molecule has 1 fully saturated rings. The van der Waals surface area contributed by atoms with Crippen LogP contribution in [0.1, 0.15) is 24.0 Å². The average Bonchev–Trinajstić information content (AvgIpc) is 3.41. The maximum atomic E-state index is 14.6. The molecule has 0 saturated heterocycles. The predicted octanol–water partition coefficient (Wildman–Crippen LogP) is 3.39. The van der Waals surface area contributed by atoms with Crippen molar-refractivity contribution in [2.45, 2.75) is 37.6 Å². The molecule has 1 aromatic heterocycles. The zero-order valence-electron chi connectivity index (χ0n) is 16.0. The van der Waals surface area contributed by atoms with E-state index in [-0.39, 0.29) is 36.8 Å². The first-order valence-corrected chi connectivity index (χ1v) is 9.52. The van der Waals surface area contributed by atoms with Gasteiger partial charge in [-0.2, -0.15) is 5.10 Å². The Labute approximate surface area is 170 Å². The molecule has 0 bridgehead atoms. The van der Waals surface area contributed by atoms with Gasteiger partial charge in [0.25, 0.3) is 0 Å². The van der Waals surface area contributed by atoms with E-state index in [0.717, 1.165) is 25.0 Å². The standard InChI is InChI=1S/C21H20F4N4O/c22-15-2-1-14(19(24)7-15)9-28(17-4-5-17)10-21(30,11-29-13-26-12-27-29)18-6-3-16(23)8-20(18)25/h1-3,6-8,12-13,17,30H,4-5,9-11H2. The van der Waals surface area contributed by atoms with Crippen molar-refractivity contribution in [2.24, 2.45) is 0 Å². The molecule has 1 aliphatic carbocycles. The summed E-state index contributed by atoms with van der Waals surface area (Å²) >= 11 is 0. The van der Waals surface area contributed by atoms with Crippen LogP contribution in [0.4, 0.5) is 17.6 Å². The van der Waals surface area contributed by atoms with E-state index in [1.165, 1.54) is 35.5 Å². The van der Waals surface area contributed by atoms with E-state index in [1.807, 2.05) is 4.90 Å². The Bertz CT molecular complexity index is 1030. The third-order valence-electron chi connectivity index (χ3n) is 5.24. The van der Waals surface area contributed by atoms with E-state index in [1.54, 1.807) is 0 Å². The third kappa shape index (κ3) is 4.52. The van der Waals surface area contributed by atoms with Gasteiger partial charge in [-0.1, -0.05) is 12.1 Å². The van der Waals surface area contributed by atoms with Gasteiger partial charge in [0, 0.05) is 42.4 Å². The van der Waals surface area contributed by atoms with Gasteiger partial charge in [0.05, 0.1) is 6.54 Å². The quantitative estimate of drug-likeness (QED) is 0.568. The lowest BCUT2D eigenvalue weighted by Crippen LogP contribution is -2.45. The van der Waals surface area contributed by atoms with Crippen LogP contribution in [0, 0.1) is 23.3 Å². The highest BCUT2D eigenvalue weighted by Gasteiger charge is 2.40. The number of hydrogen-bond acceptors (Lipinski definition) is 4. The van der Waals surface area contributed by atoms with Gasteiger partial charge < -0.3 is 5.11 Å². The highest BCUT2D eigenvalue weighted by Crippen LogP contribution is 2.34. The van der Waals surface area contributed by atoms with E-state index in [0.29, 0.717) is 6.07 Å². The summed E-state index contributed by atoms with van der Waals surface area (Å²) in [5.74, 6) is -3.01. The minimum absolute atomic E-state index is 0.0586. The molecule has 0 radical (unpaired) electrons. The van der Waals surface area contributed by atoms with Crippen LogP contribution >= 0.6 is 0 Å². The molecule has 9 heteroatoms. The summed E-state index contributed by atoms with van der Waals surface area (Å²) in [5.41, 5.74) is -1.61. The van der Waals surface area contributed by atoms with Gasteiger partial charge in [0.15, 0.2) is 0 Å². The summed E-state index contributed by atoms with van der Waals surface area (Å²) < 4.78 is 56.9. The Morgan fingerprint density at radius 3 is 2.33 bits per heavy atom. The number of rotatable bonds is 8. The van der Waals surface area contributed by atoms with Crippen molar-refractivity contribution in [1.82, 2.24) is 19.7 Å². The van der Waals surface area contributed by atoms with E-state index in [4.69, 9.17) is 0 Å². The molecule has 1 saturated carbocycles. The van der Waals surface area contributed by atoms with Crippen LogP contribution in [0.15, 0.2) is 49.1 Å². The zero-order valence-corrected chi connectivity index (χ0v) is 16.0. The summed E-state index contributed by atoms with van der Waals surface area (Å²) in [4.78, 5) is 5.67. The molecule has 1 aliphatic rings. The topological polar surface area (TPSA) is 54.2 Å². The van der Waals surface area contributed by atoms with Crippen LogP contribution in [-0.2, 0) is 18.7 Å². The fourth-order valence-electron chi connectivity index (χ4n) is 3.63. The van der Waals surface area contributed by atoms with Crippen molar-refractivity contribution < 1.29 is 22.7 Å². The van der Waals surface area contributed by atoms with Crippen molar-refractivity contribution >= 4 is 0 Å². The average molecular weight is 420 g/mol. The van der Waals surface area contributed by atoms with Crippen molar-refractivity contribution in [1.29, 1.82) is 0 Å². The van der Waals surface area contributed by atoms with E-state index >= 15 is 0 Å². The van der Waals surface area contributed by atoms with Crippen molar-refractivity contribution in [2.75, 3.05) is 6.54 Å². The Hall–Kier alpha value is -2.78. The Morgan fingerprint density at radius 1 is 1.03 bits per heavy atom. The second-order valence-corrected chi connectivity index (χ2v) is 7.62. The molecule has 1 atom stereocenters. The van der Waals surface area contributed by atoms with Gasteiger partial charge in [-0.25, -0.2) is 27.2 Å². The lowest BCUT2D eigenvalue weighted by Gasteiger charge is -2.35. The molecule has 3 aromatic rings. The molecular weight excluding hydrogens is 400 g/mol. The summed E-state index contributed by atoms with van der Waals surface area (Å²) in [6, 6.07) is 6.39. The highest BCUT2D eigenvalue weighted by molar-refractivity contribution is 5.26. The van der Waals surface area contributed by atoms with Crippen LogP contribution in [0.25, 0.3) is 0 Å². The molecule has 5 nitrogen and oxygen atoms in total. The molecule has 0 amide bonds. The summed E-state index contributed by atoms with van der Waals surface area (Å²) in [6.07, 6.45) is 4.35. The first-order valence-electron chi connectivity index (χ1n) is 9.52. The summed E-state index contributed by atoms with van der Waals surface area (Å²) in [6.45, 7) is -0.0825. The molecule has 1 unspecified atom stereocenters. The Balaban J connectivity index is 1.66. The molecule has 0 aliphatic heterocycles. The highest BCUT2D eigenvalue weighted by atomic mass is 19.1. The number of hydrogen-bond donors (Lipinski definition) is 1. The smallest absolute Gasteiger partial charge is 0.137 e. The van der Waals surface area contributed by atoms with Gasteiger partial charge >= 0.3 is 0 Å². The number of nitrogens with zero attached hydrogens (tertiary/aromatic N) is 4. The zero-order chi connectivity index (χ0) is 21.3. The minimum Gasteiger partial charge on any atom is -0.382 e. The molecular formula is C21H20F4N4O. The lowest BCUT2D eigenvalue weighted by molar-refractivity contribution is -0.0262. The van der Waals surface area contributed by atoms with Gasteiger partial charge in [-0.15, -0.1) is 0 Å². The van der Waals surface area contributed by atoms with Crippen LogP contribution in [-0.4, -0.2) is 37.4 Å². The maximum Gasteiger partial charge on any atom is 0.137 e. The number of benzene rings is 2. The van der Waals surface area contributed by atoms with Crippen LogP contribution in [0.2, 0.25) is 0 Å². The third-order valence-corrected chi connectivity index (χ3v) is 5.24. The number of aromatic nitrogens is 3. The van der Waals surface area contributed by atoms with Gasteiger partial charge in [0.1, 0.15) is 41.5 Å². The summed E-state index contributed by atoms with van der Waals surface area (Å²) in [7, 11) is 0. The van der Waals surface area contributed by atoms with Gasteiger partial charge in [0.2, 0.25) is 0 Å². The normalized spacial score (nSPS) is 16.1. The largest absolute Gasteiger partial charge is 0.382 e. The Kier molecular flexibility index (Phi) is 5.57. The summed E-state index contributed by atoms with van der Waals surface area (Å²) in [5, 5.41) is 15.5. The van der Waals surface area contributed by atoms with Crippen LogP contribution in [0.3, 0.4) is 0 Å². The first kappa shape index (κ1) is 20.5. The second kappa shape index (κ2) is 8.16. The monoisotopic (exact) mass is 420 g/mol. The van der Waals surface area contributed by atoms with Gasteiger partial charge in [-0.05, 0) is 25.0 Å². The van der Waals surface area contributed by atoms with Crippen molar-refractivity contribution in [3.63, 3.8) is 0 Å². The molecule has 2 aromatic carbocycles. The molecule has 158 valence electrons. The van der Waals surface area contributed by atoms with Crippen LogP contribution in [0.5, 0.6) is 0 Å². The SMILES string of the molecule is OC(CN(Cc1ccc(F)cc1F)C1CC1)(Cn1cncn1)c1ccc(F)cc1F. The first-order chi connectivity index (χ1) is 14.3. The van der Waals surface area contributed by atoms with Crippen LogP contribution < -0.4 is 0 Å². The molecule has 0 spiro atoms. The fourth-order valence-corrected chi connectivity index (χ4v) is 3.63. The molecule has 30 heavy (non-hydrogen) atoms. The Morgan fingerprint density at radius 2 is 1.73 bits per heavy atom. The number of aliphatic hydroxyl groups is 1. The van der Waals surface area contributed by atoms with Gasteiger partial charge in [-0.3, -0.25) is 4.90 Å². The fraction of sp³-hybridized carbons (Fsp3) is 0.333. The molecule has 4 rings (SSSR count). The van der Waals surface area contributed by atoms with Crippen molar-refractivity contribution in [3.8, 4) is 0 Å². The maximum absolute atomic E-state index is 14.6. The number of halogens is 4. The molecule has 1 heterocycles. The van der Waals surface area contributed by atoms with E-state index in [2.05, 4.69) is 10.1 Å². The minimum atomic E-state index is -1.79. The second-order valence-electron chi connectivity index (χ2n) is 7.62. The van der Waals surface area contributed by atoms with E-state index in [9.17, 15) is 22.7 Å². The lowest BCUT2D eigenvalue weighted by atomic mass is 9.92. The van der Waals surface area contributed by atoms with Crippen molar-refractivity contribution in [3.05, 3.63) is 83.4 Å².